The van der Waals surface area contributed by atoms with Crippen molar-refractivity contribution in [2.75, 3.05) is 33.6 Å². The molecule has 1 amide bonds. The van der Waals surface area contributed by atoms with E-state index in [9.17, 15) is 9.59 Å². The lowest BCUT2D eigenvalue weighted by Crippen LogP contribution is -2.29. The number of methoxy groups -OCH3 is 2. The Balaban J connectivity index is 2.29. The highest BCUT2D eigenvalue weighted by Gasteiger charge is 2.10. The summed E-state index contributed by atoms with van der Waals surface area (Å²) in [7, 11) is 4.73. The van der Waals surface area contributed by atoms with Crippen LogP contribution in [-0.2, 0) is 14.3 Å². The first-order chi connectivity index (χ1) is 10.1. The van der Waals surface area contributed by atoms with Gasteiger partial charge in [-0.3, -0.25) is 9.59 Å². The SMILES string of the molecule is COC(=O)CCCN(C)C(=O)CSc1ccc(OC)cc1. The quantitative estimate of drug-likeness (QED) is 0.544. The van der Waals surface area contributed by atoms with E-state index >= 15 is 0 Å². The minimum Gasteiger partial charge on any atom is -0.497 e. The van der Waals surface area contributed by atoms with Crippen molar-refractivity contribution in [3.8, 4) is 5.75 Å². The normalized spacial score (nSPS) is 10.0. The fraction of sp³-hybridized carbons (Fsp3) is 0.467. The summed E-state index contributed by atoms with van der Waals surface area (Å²) in [4.78, 5) is 25.6. The molecule has 0 spiro atoms. The van der Waals surface area contributed by atoms with Crippen LogP contribution in [0, 0.1) is 0 Å². The minimum atomic E-state index is -0.247. The summed E-state index contributed by atoms with van der Waals surface area (Å²) in [5, 5.41) is 0. The maximum Gasteiger partial charge on any atom is 0.305 e. The third-order valence-corrected chi connectivity index (χ3v) is 3.95. The second kappa shape index (κ2) is 9.28. The van der Waals surface area contributed by atoms with Crippen LogP contribution < -0.4 is 4.74 Å². The molecule has 0 unspecified atom stereocenters. The zero-order chi connectivity index (χ0) is 15.7. The number of thioether (sulfide) groups is 1. The predicted molar refractivity (Wildman–Crippen MR) is 82.6 cm³/mol. The molecular weight excluding hydrogens is 290 g/mol. The molecule has 0 N–H and O–H groups in total. The van der Waals surface area contributed by atoms with Gasteiger partial charge in [0.1, 0.15) is 5.75 Å². The maximum absolute atomic E-state index is 11.9. The molecule has 21 heavy (non-hydrogen) atoms. The van der Waals surface area contributed by atoms with Crippen molar-refractivity contribution in [2.24, 2.45) is 0 Å². The highest BCUT2D eigenvalue weighted by Crippen LogP contribution is 2.21. The van der Waals surface area contributed by atoms with Crippen LogP contribution in [0.4, 0.5) is 0 Å². The largest absolute Gasteiger partial charge is 0.497 e. The van der Waals surface area contributed by atoms with Gasteiger partial charge in [-0.25, -0.2) is 0 Å². The van der Waals surface area contributed by atoms with Crippen LogP contribution in [0.2, 0.25) is 0 Å². The Morgan fingerprint density at radius 2 is 1.86 bits per heavy atom. The van der Waals surface area contributed by atoms with Crippen LogP contribution in [0.3, 0.4) is 0 Å². The van der Waals surface area contributed by atoms with Crippen LogP contribution in [0.1, 0.15) is 12.8 Å². The van der Waals surface area contributed by atoms with Gasteiger partial charge in [0.05, 0.1) is 20.0 Å². The molecule has 0 saturated carbocycles. The third kappa shape index (κ3) is 6.53. The summed E-state index contributed by atoms with van der Waals surface area (Å²) in [6.07, 6.45) is 0.946. The lowest BCUT2D eigenvalue weighted by Gasteiger charge is -2.16. The van der Waals surface area contributed by atoms with E-state index in [-0.39, 0.29) is 11.9 Å². The molecule has 0 aliphatic carbocycles. The monoisotopic (exact) mass is 311 g/mol. The van der Waals surface area contributed by atoms with E-state index in [1.54, 1.807) is 19.1 Å². The van der Waals surface area contributed by atoms with Crippen molar-refractivity contribution >= 4 is 23.6 Å². The highest BCUT2D eigenvalue weighted by molar-refractivity contribution is 8.00. The molecule has 0 aliphatic heterocycles. The third-order valence-electron chi connectivity index (χ3n) is 2.95. The Morgan fingerprint density at radius 1 is 1.19 bits per heavy atom. The first-order valence-electron chi connectivity index (χ1n) is 6.64. The zero-order valence-corrected chi connectivity index (χ0v) is 13.4. The standard InChI is InChI=1S/C15H21NO4S/c1-16(10-4-5-15(18)20-3)14(17)11-21-13-8-6-12(19-2)7-9-13/h6-9H,4-5,10-11H2,1-3H3. The van der Waals surface area contributed by atoms with Gasteiger partial charge in [0, 0.05) is 24.9 Å². The van der Waals surface area contributed by atoms with Crippen LogP contribution in [0.25, 0.3) is 0 Å². The predicted octanol–water partition coefficient (Wildman–Crippen LogP) is 2.20. The second-order valence-electron chi connectivity index (χ2n) is 4.46. The van der Waals surface area contributed by atoms with Crippen LogP contribution in [0.5, 0.6) is 5.75 Å². The van der Waals surface area contributed by atoms with Crippen molar-refractivity contribution in [1.29, 1.82) is 0 Å². The summed E-state index contributed by atoms with van der Waals surface area (Å²) < 4.78 is 9.64. The van der Waals surface area contributed by atoms with E-state index in [1.165, 1.54) is 18.9 Å². The van der Waals surface area contributed by atoms with E-state index in [2.05, 4.69) is 4.74 Å². The zero-order valence-electron chi connectivity index (χ0n) is 12.6. The van der Waals surface area contributed by atoms with Crippen LogP contribution in [0.15, 0.2) is 29.2 Å². The molecule has 0 aliphatic rings. The lowest BCUT2D eigenvalue weighted by molar-refractivity contribution is -0.141. The summed E-state index contributed by atoms with van der Waals surface area (Å²) >= 11 is 1.48. The van der Waals surface area contributed by atoms with Gasteiger partial charge < -0.3 is 14.4 Å². The average Bonchev–Trinajstić information content (AvgIpc) is 2.52. The Morgan fingerprint density at radius 3 is 2.43 bits per heavy atom. The number of rotatable bonds is 8. The Labute approximate surface area is 129 Å². The topological polar surface area (TPSA) is 55.8 Å². The molecule has 0 atom stereocenters. The molecule has 0 aromatic heterocycles. The number of nitrogens with zero attached hydrogens (tertiary/aromatic N) is 1. The first-order valence-corrected chi connectivity index (χ1v) is 7.63. The average molecular weight is 311 g/mol. The van der Waals surface area contributed by atoms with E-state index in [0.717, 1.165) is 10.6 Å². The van der Waals surface area contributed by atoms with E-state index in [4.69, 9.17) is 4.74 Å². The van der Waals surface area contributed by atoms with Crippen molar-refractivity contribution in [2.45, 2.75) is 17.7 Å². The van der Waals surface area contributed by atoms with Crippen molar-refractivity contribution in [3.05, 3.63) is 24.3 Å². The molecule has 1 rings (SSSR count). The van der Waals surface area contributed by atoms with Gasteiger partial charge in [-0.05, 0) is 30.7 Å². The molecule has 6 heteroatoms. The molecule has 0 bridgehead atoms. The molecule has 0 fully saturated rings. The van der Waals surface area contributed by atoms with Gasteiger partial charge in [-0.1, -0.05) is 0 Å². The van der Waals surface area contributed by atoms with E-state index < -0.39 is 0 Å². The Hall–Kier alpha value is -1.69. The van der Waals surface area contributed by atoms with Gasteiger partial charge in [0.15, 0.2) is 0 Å². The maximum atomic E-state index is 11.9. The fourth-order valence-electron chi connectivity index (χ4n) is 1.61. The van der Waals surface area contributed by atoms with Gasteiger partial charge in [-0.2, -0.15) is 0 Å². The molecule has 0 saturated heterocycles. The van der Waals surface area contributed by atoms with Crippen LogP contribution >= 0.6 is 11.8 Å². The smallest absolute Gasteiger partial charge is 0.305 e. The number of esters is 1. The van der Waals surface area contributed by atoms with E-state index in [0.29, 0.717) is 25.1 Å². The summed E-state index contributed by atoms with van der Waals surface area (Å²) in [6, 6.07) is 7.59. The summed E-state index contributed by atoms with van der Waals surface area (Å²) in [6.45, 7) is 0.553. The Bertz CT molecular complexity index is 461. The molecule has 1 aromatic carbocycles. The van der Waals surface area contributed by atoms with Crippen molar-refractivity contribution < 1.29 is 19.1 Å². The number of ether oxygens (including phenoxy) is 2. The molecule has 0 radical (unpaired) electrons. The van der Waals surface area contributed by atoms with Crippen molar-refractivity contribution in [1.82, 2.24) is 4.90 Å². The molecule has 116 valence electrons. The minimum absolute atomic E-state index is 0.0423. The van der Waals surface area contributed by atoms with E-state index in [1.807, 2.05) is 24.3 Å². The first kappa shape index (κ1) is 17.4. The number of benzene rings is 1. The summed E-state index contributed by atoms with van der Waals surface area (Å²) in [5.41, 5.74) is 0. The van der Waals surface area contributed by atoms with Gasteiger partial charge >= 0.3 is 5.97 Å². The van der Waals surface area contributed by atoms with Crippen molar-refractivity contribution in [3.63, 3.8) is 0 Å². The summed E-state index contributed by atoms with van der Waals surface area (Å²) in [5.74, 6) is 0.968. The Kier molecular flexibility index (Phi) is 7.68. The van der Waals surface area contributed by atoms with Gasteiger partial charge in [0.25, 0.3) is 0 Å². The molecule has 1 aromatic rings. The van der Waals surface area contributed by atoms with Crippen LogP contribution in [-0.4, -0.2) is 50.3 Å². The van der Waals surface area contributed by atoms with Gasteiger partial charge in [0.2, 0.25) is 5.91 Å². The number of carbonyl (C=O) groups excluding carboxylic acids is 2. The second-order valence-corrected chi connectivity index (χ2v) is 5.51. The number of carbonyl (C=O) groups is 2. The molecule has 5 nitrogen and oxygen atoms in total. The lowest BCUT2D eigenvalue weighted by atomic mass is 10.3. The fourth-order valence-corrected chi connectivity index (χ4v) is 2.45. The molecular formula is C15H21NO4S. The number of hydrogen-bond donors (Lipinski definition) is 0. The highest BCUT2D eigenvalue weighted by atomic mass is 32.2. The number of amides is 1. The van der Waals surface area contributed by atoms with Gasteiger partial charge in [-0.15, -0.1) is 11.8 Å². The molecule has 0 heterocycles. The number of hydrogen-bond acceptors (Lipinski definition) is 5.